The van der Waals surface area contributed by atoms with Crippen LogP contribution in [-0.2, 0) is 97.1 Å². The lowest BCUT2D eigenvalue weighted by Crippen LogP contribution is -2.60. The summed E-state index contributed by atoms with van der Waals surface area (Å²) in [5.41, 5.74) is 13.0. The first-order valence-corrected chi connectivity index (χ1v) is 39.2. The van der Waals surface area contributed by atoms with Crippen LogP contribution < -0.4 is 75.3 Å². The number of likely N-dealkylation sites (tertiary alicyclic amines) is 1. The van der Waals surface area contributed by atoms with Crippen LogP contribution in [0.4, 0.5) is 21.0 Å². The number of Topliss-reactive ketones (excluding diaryl/α,β-unsaturated/α-hetero) is 1. The van der Waals surface area contributed by atoms with Gasteiger partial charge in [-0.3, -0.25) is 76.6 Å². The van der Waals surface area contributed by atoms with Crippen molar-refractivity contribution in [1.82, 2.24) is 58.1 Å². The Morgan fingerprint density at radius 1 is 0.584 bits per heavy atom. The van der Waals surface area contributed by atoms with Gasteiger partial charge in [-0.2, -0.15) is 0 Å². The highest BCUT2D eigenvalue weighted by Crippen LogP contribution is 2.51. The van der Waals surface area contributed by atoms with Crippen molar-refractivity contribution >= 4 is 125 Å². The van der Waals surface area contributed by atoms with Gasteiger partial charge in [0.1, 0.15) is 30.2 Å². The van der Waals surface area contributed by atoms with E-state index in [-0.39, 0.29) is 168 Å². The lowest BCUT2D eigenvalue weighted by Gasteiger charge is -2.26. The first-order chi connectivity index (χ1) is 53.5. The van der Waals surface area contributed by atoms with E-state index in [2.05, 4.69) is 63.8 Å². The minimum Gasteiger partial charge on any atom is -0.481 e. The summed E-state index contributed by atoms with van der Waals surface area (Å²) < 4.78 is 33.2. The van der Waals surface area contributed by atoms with Crippen molar-refractivity contribution in [1.29, 1.82) is 0 Å². The third-order valence-corrected chi connectivity index (χ3v) is 19.5. The molecule has 16 amide bonds. The number of imide groups is 1. The van der Waals surface area contributed by atoms with E-state index in [9.17, 15) is 106 Å². The molecule has 0 spiro atoms. The second-order valence-electron chi connectivity index (χ2n) is 26.5. The smallest absolute Gasteiger partial charge is 0.356 e. The average molecular weight is 1640 g/mol. The minimum atomic E-state index is -4.79. The first-order valence-electron chi connectivity index (χ1n) is 36.5. The molecule has 1 fully saturated rings. The van der Waals surface area contributed by atoms with Crippen molar-refractivity contribution in [3.63, 3.8) is 0 Å². The molecule has 2 aromatic rings. The van der Waals surface area contributed by atoms with E-state index in [1.807, 2.05) is 19.1 Å². The number of carboxylic acid groups (broad SMARTS) is 1. The number of nitrogens with zero attached hydrogens (tertiary/aromatic N) is 1. The van der Waals surface area contributed by atoms with Gasteiger partial charge in [-0.25, -0.2) is 9.59 Å². The van der Waals surface area contributed by atoms with Gasteiger partial charge >= 0.3 is 25.6 Å². The number of nitrogens with two attached hydrogens (primary N) is 2. The maximum Gasteiger partial charge on any atom is 0.356 e. The zero-order valence-electron chi connectivity index (χ0n) is 63.6. The minimum absolute atomic E-state index is 0.00848. The van der Waals surface area contributed by atoms with Crippen LogP contribution in [0.1, 0.15) is 115 Å². The summed E-state index contributed by atoms with van der Waals surface area (Å²) in [4.78, 5) is 222. The second-order valence-corrected chi connectivity index (χ2v) is 29.7. The lowest BCUT2D eigenvalue weighted by molar-refractivity contribution is -0.142. The molecule has 2 unspecified atom stereocenters. The highest BCUT2D eigenvalue weighted by molar-refractivity contribution is 8.00. The predicted molar refractivity (Wildman–Crippen MR) is 406 cm³/mol. The summed E-state index contributed by atoms with van der Waals surface area (Å²) in [5, 5.41) is 56.9. The highest BCUT2D eigenvalue weighted by atomic mass is 32.2. The summed E-state index contributed by atoms with van der Waals surface area (Å²) in [5.74, 6) is -11.1. The van der Waals surface area contributed by atoms with E-state index in [0.29, 0.717) is 16.9 Å². The predicted octanol–water partition coefficient (Wildman–Crippen LogP) is -2.98. The van der Waals surface area contributed by atoms with E-state index in [4.69, 9.17) is 30.4 Å². The molecule has 630 valence electrons. The number of rotatable bonds is 58. The maximum atomic E-state index is 13.8. The highest BCUT2D eigenvalue weighted by Gasteiger charge is 2.42. The number of urea groups is 2. The van der Waals surface area contributed by atoms with E-state index in [1.54, 1.807) is 50.2 Å². The monoisotopic (exact) mass is 1640 g/mol. The Morgan fingerprint density at radius 2 is 1.10 bits per heavy atom. The van der Waals surface area contributed by atoms with Crippen LogP contribution in [0, 0.1) is 12.8 Å². The molecule has 0 aromatic heterocycles. The van der Waals surface area contributed by atoms with Crippen LogP contribution in [0.3, 0.4) is 0 Å². The van der Waals surface area contributed by atoms with E-state index in [0.717, 1.165) is 29.1 Å². The number of para-hydroxylation sites is 1. The number of aryl methyl sites for hydroxylation is 1. The molecule has 21 N–H and O–H groups in total. The fourth-order valence-electron chi connectivity index (χ4n) is 10.3. The molecule has 0 bridgehead atoms. The van der Waals surface area contributed by atoms with Gasteiger partial charge in [0.25, 0.3) is 0 Å². The number of thioether (sulfide) groups is 1. The number of unbranched alkanes of at least 4 members (excludes halogenated alkanes) is 1. The molecule has 1 heterocycles. The van der Waals surface area contributed by atoms with Gasteiger partial charge in [0.2, 0.25) is 70.9 Å². The summed E-state index contributed by atoms with van der Waals surface area (Å²) in [6, 6.07) is 4.99. The average Bonchev–Trinajstić information content (AvgIpc) is 1.41. The van der Waals surface area contributed by atoms with Crippen molar-refractivity contribution < 1.29 is 125 Å². The molecule has 1 aliphatic heterocycles. The first kappa shape index (κ1) is 97.4. The number of carbonyl (C=O) groups excluding carboxylic acids is 15. The summed E-state index contributed by atoms with van der Waals surface area (Å²) in [7, 11) is -4.79. The molecule has 0 saturated carbocycles. The quantitative estimate of drug-likeness (QED) is 0.0178. The van der Waals surface area contributed by atoms with Crippen LogP contribution in [-0.4, -0.2) is 270 Å². The number of ketones is 1. The Balaban J connectivity index is 1.25. The number of benzene rings is 2. The molecule has 0 aliphatic carbocycles. The van der Waals surface area contributed by atoms with Gasteiger partial charge in [-0.1, -0.05) is 44.2 Å². The number of carbonyl (C=O) groups is 16. The van der Waals surface area contributed by atoms with Gasteiger partial charge in [0.15, 0.2) is 11.1 Å². The number of aliphatic hydroxyl groups excluding tert-OH is 1. The zero-order chi connectivity index (χ0) is 84.1. The molecule has 7 atom stereocenters. The molecule has 113 heavy (non-hydrogen) atoms. The number of ether oxygens (including phenoxy) is 4. The Morgan fingerprint density at radius 3 is 1.61 bits per heavy atom. The van der Waals surface area contributed by atoms with Gasteiger partial charge in [0.05, 0.1) is 77.7 Å². The number of nitrogens with one attached hydrogen (secondary N) is 12. The number of hydrogen-bond donors (Lipinski definition) is 19. The Hall–Kier alpha value is -9.78. The van der Waals surface area contributed by atoms with Gasteiger partial charge in [-0.15, -0.1) is 11.8 Å². The molecule has 0 radical (unpaired) electrons. The number of aliphatic hydroxyl groups is 2. The summed E-state index contributed by atoms with van der Waals surface area (Å²) >= 11 is 0.881. The second kappa shape index (κ2) is 52.5. The molecule has 43 heteroatoms. The SMILES string of the molecule is Cc1ccccc1NC(=O)Nc1ccc(CC(=O)N[C@@H](CCCNC(N)=O)C(=O)N[C@@H](CCC(=O)O)C(=O)N[C@@H](CO)C(=O)N[C@H](C(=O)NCCOCCOCCNC(=O)CCC(=O)NCCOCCOCCNC(=O)CCC(=O)N[C@H](CSC2CC(=O)N(CC(=O)CCCCC(C)(O)P(=O)(O)O)C2=O)C(N)=O)C(C)C)cc1. The van der Waals surface area contributed by atoms with E-state index < -0.39 is 175 Å². The maximum absolute atomic E-state index is 13.8. The fourth-order valence-corrected chi connectivity index (χ4v) is 12.0. The Bertz CT molecular complexity index is 3570. The van der Waals surface area contributed by atoms with Crippen molar-refractivity contribution in [3.8, 4) is 0 Å². The van der Waals surface area contributed by atoms with Crippen molar-refractivity contribution in [2.45, 2.75) is 158 Å². The third-order valence-electron chi connectivity index (χ3n) is 16.7. The molecule has 41 nitrogen and oxygen atoms in total. The molecule has 1 saturated heterocycles. The van der Waals surface area contributed by atoms with Gasteiger partial charge < -0.3 is 119 Å². The third kappa shape index (κ3) is 40.5. The largest absolute Gasteiger partial charge is 0.481 e. The molecule has 3 rings (SSSR count). The number of aliphatic carboxylic acids is 1. The number of amides is 16. The summed E-state index contributed by atoms with van der Waals surface area (Å²) in [6.07, 6.45) is -2.59. The van der Waals surface area contributed by atoms with Crippen LogP contribution in [0.15, 0.2) is 48.5 Å². The molecular weight excluding hydrogens is 1530 g/mol. The molecule has 2 aromatic carbocycles. The Labute approximate surface area is 656 Å². The fraction of sp³-hybridized carbons (Fsp3) is 0.600. The van der Waals surface area contributed by atoms with Crippen LogP contribution in [0.5, 0.6) is 0 Å². The van der Waals surface area contributed by atoms with E-state index >= 15 is 0 Å². The number of hydrogen-bond acceptors (Lipinski definition) is 24. The van der Waals surface area contributed by atoms with Crippen molar-refractivity contribution in [3.05, 3.63) is 59.7 Å². The van der Waals surface area contributed by atoms with Gasteiger partial charge in [0, 0.05) is 94.8 Å². The number of primary amides is 2. The van der Waals surface area contributed by atoms with Crippen LogP contribution in [0.25, 0.3) is 0 Å². The molecule has 1 aliphatic rings. The van der Waals surface area contributed by atoms with Gasteiger partial charge in [-0.05, 0) is 87.6 Å². The van der Waals surface area contributed by atoms with E-state index in [1.165, 1.54) is 0 Å². The number of carboxylic acids is 1. The topological polar surface area (TPSA) is 628 Å². The van der Waals surface area contributed by atoms with Crippen LogP contribution in [0.2, 0.25) is 0 Å². The normalized spacial score (nSPS) is 14.5. The standard InChI is InChI=1S/C70H108N15O26PS/c1-43(2)61(84-65(99)51(41-86)82-64(98)50(18-23-60(94)95)81-63(97)49(13-9-25-77-68(72)102)79-58(92)38-45-14-16-46(17-15-45)78-69(103)83-48-12-6-5-10-44(48)3)66(100)76-29-33-111-37-36-110-31-27-74-55(89)20-19-54(88)73-26-30-108-34-35-109-32-28-75-56(90)21-22-57(91)80-52(62(71)96)42-113-53-39-59(93)85(67(53)101)40-47(87)11-7-8-24-70(4,104)112(105,106)107/h5-6,10,12,14-17,43,49-53,61,86,104H,7-9,11,13,18-42H2,1-4H3,(H2,71,96)(H,73,88)(H,74,89)(H,75,90)(H,76,100)(H,79,92)(H,80,91)(H,81,97)(H,82,98)(H,84,99)(H,94,95)(H3,72,77,102)(H2,78,83,103)(H2,105,106,107)/t49-,50-,51-,52+,53?,61-,70?/m0/s1. The summed E-state index contributed by atoms with van der Waals surface area (Å²) in [6.45, 7) is 5.79. The van der Waals surface area contributed by atoms with Crippen LogP contribution >= 0.6 is 19.4 Å². The van der Waals surface area contributed by atoms with Crippen molar-refractivity contribution in [2.75, 3.05) is 115 Å². The Kier molecular flexibility index (Phi) is 45.3. The number of anilines is 2. The lowest BCUT2D eigenvalue weighted by atomic mass is 10.0. The zero-order valence-corrected chi connectivity index (χ0v) is 65.4. The van der Waals surface area contributed by atoms with Crippen molar-refractivity contribution in [2.24, 2.45) is 17.4 Å². The molecular formula is C70H108N15O26PS.